The van der Waals surface area contributed by atoms with Gasteiger partial charge < -0.3 is 21.9 Å². The number of aromatic amines is 1. The van der Waals surface area contributed by atoms with E-state index in [1.54, 1.807) is 7.11 Å². The van der Waals surface area contributed by atoms with E-state index >= 15 is 0 Å². The van der Waals surface area contributed by atoms with Crippen LogP contribution in [0, 0.1) is 6.92 Å². The van der Waals surface area contributed by atoms with Crippen LogP contribution in [0.4, 0.5) is 0 Å². The van der Waals surface area contributed by atoms with E-state index in [4.69, 9.17) is 9.47 Å². The van der Waals surface area contributed by atoms with Crippen LogP contribution in [0.15, 0.2) is 76.0 Å². The zero-order valence-electron chi connectivity index (χ0n) is 18.6. The topological polar surface area (TPSA) is 54.6 Å². The van der Waals surface area contributed by atoms with Crippen molar-refractivity contribution in [3.05, 3.63) is 87.1 Å². The van der Waals surface area contributed by atoms with E-state index in [1.807, 2.05) is 78.2 Å². The first-order valence-electron chi connectivity index (χ1n) is 10.6. The Hall–Kier alpha value is -2.83. The van der Waals surface area contributed by atoms with Crippen molar-refractivity contribution in [2.24, 2.45) is 0 Å². The summed E-state index contributed by atoms with van der Waals surface area (Å²) in [5, 5.41) is 0.689. The lowest BCUT2D eigenvalue weighted by molar-refractivity contribution is -0.338. The lowest BCUT2D eigenvalue weighted by Crippen LogP contribution is -3.00. The van der Waals surface area contributed by atoms with Gasteiger partial charge in [0.25, 0.3) is 5.82 Å². The Bertz CT molecular complexity index is 1290. The molecule has 33 heavy (non-hydrogen) atoms. The fraction of sp³-hybridized carbons (Fsp3) is 0.231. The third-order valence-electron chi connectivity index (χ3n) is 5.40. The van der Waals surface area contributed by atoms with E-state index in [0.717, 1.165) is 51.3 Å². The van der Waals surface area contributed by atoms with Gasteiger partial charge in [0.05, 0.1) is 25.8 Å². The lowest BCUT2D eigenvalue weighted by Gasteiger charge is -2.11. The molecule has 1 aromatic heterocycles. The number of halogens is 2. The summed E-state index contributed by atoms with van der Waals surface area (Å²) in [5.74, 6) is 2.29. The Morgan fingerprint density at radius 1 is 0.970 bits per heavy atom. The summed E-state index contributed by atoms with van der Waals surface area (Å²) >= 11 is 3.48. The molecule has 5 nitrogen and oxygen atoms in total. The van der Waals surface area contributed by atoms with Crippen LogP contribution in [0.3, 0.4) is 0 Å². The molecule has 1 heterocycles. The maximum absolute atomic E-state index is 13.3. The monoisotopic (exact) mass is 528 g/mol. The standard InChI is InChI=1S/C26H25BrN2O3.ClH/c1-18-9-14-23(24(17-18)31-2)32-16-6-5-15-29-25(19-10-12-20(27)13-11-19)28-22-8-4-3-7-21(22)26(29)30;/h3-4,7-14,17H,5-6,15-16H2,1-2H3;1H. The number of nitrogens with zero attached hydrogens (tertiary/aromatic N) is 1. The van der Waals surface area contributed by atoms with Gasteiger partial charge in [-0.05, 0) is 73.9 Å². The summed E-state index contributed by atoms with van der Waals surface area (Å²) in [4.78, 5) is 16.7. The van der Waals surface area contributed by atoms with E-state index in [1.165, 1.54) is 0 Å². The number of ether oxygens (including phenoxy) is 2. The quantitative estimate of drug-likeness (QED) is 0.330. The molecule has 0 radical (unpaired) electrons. The number of nitrogens with one attached hydrogen (secondary N) is 1. The Morgan fingerprint density at radius 3 is 2.48 bits per heavy atom. The second kappa shape index (κ2) is 11.3. The molecule has 0 saturated carbocycles. The van der Waals surface area contributed by atoms with Crippen LogP contribution < -0.4 is 32.4 Å². The molecular formula is C26H26BrClN2O3. The highest BCUT2D eigenvalue weighted by Crippen LogP contribution is 2.28. The summed E-state index contributed by atoms with van der Waals surface area (Å²) < 4.78 is 14.2. The molecule has 0 unspecified atom stereocenters. The highest BCUT2D eigenvalue weighted by atomic mass is 79.9. The van der Waals surface area contributed by atoms with Crippen molar-refractivity contribution >= 4 is 26.8 Å². The van der Waals surface area contributed by atoms with E-state index < -0.39 is 0 Å². The maximum atomic E-state index is 13.3. The van der Waals surface area contributed by atoms with Crippen molar-refractivity contribution in [1.82, 2.24) is 4.57 Å². The minimum Gasteiger partial charge on any atom is -1.00 e. The molecule has 7 heteroatoms. The van der Waals surface area contributed by atoms with E-state index in [-0.39, 0.29) is 18.0 Å². The number of benzene rings is 3. The van der Waals surface area contributed by atoms with Crippen LogP contribution >= 0.6 is 15.9 Å². The van der Waals surface area contributed by atoms with E-state index in [2.05, 4.69) is 20.9 Å². The molecule has 0 bridgehead atoms. The van der Waals surface area contributed by atoms with Crippen LogP contribution in [-0.4, -0.2) is 18.3 Å². The molecule has 4 aromatic rings. The third kappa shape index (κ3) is 5.75. The first-order chi connectivity index (χ1) is 15.6. The molecule has 0 fully saturated rings. The average Bonchev–Trinajstić information content (AvgIpc) is 2.81. The highest BCUT2D eigenvalue weighted by Gasteiger charge is 2.19. The predicted octanol–water partition coefficient (Wildman–Crippen LogP) is 2.43. The third-order valence-corrected chi connectivity index (χ3v) is 5.92. The van der Waals surface area contributed by atoms with Crippen molar-refractivity contribution in [3.8, 4) is 22.9 Å². The van der Waals surface area contributed by atoms with Gasteiger partial charge in [0.1, 0.15) is 10.9 Å². The van der Waals surface area contributed by atoms with Crippen molar-refractivity contribution in [2.75, 3.05) is 13.7 Å². The molecular weight excluding hydrogens is 504 g/mol. The number of aromatic nitrogens is 2. The minimum atomic E-state index is 0. The van der Waals surface area contributed by atoms with Gasteiger partial charge in [0.2, 0.25) is 0 Å². The Labute approximate surface area is 207 Å². The Balaban J connectivity index is 0.00000306. The maximum Gasteiger partial charge on any atom is 0.345 e. The molecule has 1 N–H and O–H groups in total. The zero-order chi connectivity index (χ0) is 22.5. The van der Waals surface area contributed by atoms with Crippen LogP contribution in [-0.2, 0) is 6.54 Å². The van der Waals surface area contributed by atoms with Crippen LogP contribution in [0.25, 0.3) is 22.3 Å². The summed E-state index contributed by atoms with van der Waals surface area (Å²) in [6, 6.07) is 21.5. The summed E-state index contributed by atoms with van der Waals surface area (Å²) in [6.07, 6.45) is 1.62. The average molecular weight is 530 g/mol. The van der Waals surface area contributed by atoms with Crippen LogP contribution in [0.5, 0.6) is 11.5 Å². The summed E-state index contributed by atoms with van der Waals surface area (Å²) in [6.45, 7) is 3.17. The van der Waals surface area contributed by atoms with Gasteiger partial charge >= 0.3 is 5.56 Å². The molecule has 0 saturated heterocycles. The molecule has 0 spiro atoms. The number of hydrogen-bond acceptors (Lipinski definition) is 3. The smallest absolute Gasteiger partial charge is 0.345 e. The number of rotatable bonds is 8. The number of aryl methyl sites for hydroxylation is 1. The fourth-order valence-electron chi connectivity index (χ4n) is 3.72. The SMILES string of the molecule is COc1cc(C)ccc1OCCCCn1c(-c2ccc(Br)cc2)[nH+]c2ccccc2c1=O.[Cl-]. The molecule has 172 valence electrons. The Morgan fingerprint density at radius 2 is 1.73 bits per heavy atom. The predicted molar refractivity (Wildman–Crippen MR) is 130 cm³/mol. The van der Waals surface area contributed by atoms with Gasteiger partial charge in [0, 0.05) is 4.47 Å². The number of methoxy groups -OCH3 is 1. The van der Waals surface area contributed by atoms with E-state index in [9.17, 15) is 4.79 Å². The molecule has 0 aliphatic carbocycles. The Kier molecular flexibility index (Phi) is 8.53. The first-order valence-corrected chi connectivity index (χ1v) is 11.4. The molecule has 0 aliphatic rings. The van der Waals surface area contributed by atoms with E-state index in [0.29, 0.717) is 18.5 Å². The largest absolute Gasteiger partial charge is 1.00 e. The van der Waals surface area contributed by atoms with Gasteiger partial charge in [-0.3, -0.25) is 0 Å². The van der Waals surface area contributed by atoms with Gasteiger partial charge in [0.15, 0.2) is 11.5 Å². The van der Waals surface area contributed by atoms with Crippen molar-refractivity contribution in [2.45, 2.75) is 26.3 Å². The first kappa shape index (κ1) is 24.8. The fourth-order valence-corrected chi connectivity index (χ4v) is 3.98. The zero-order valence-corrected chi connectivity index (χ0v) is 20.9. The van der Waals surface area contributed by atoms with Crippen molar-refractivity contribution in [3.63, 3.8) is 0 Å². The van der Waals surface area contributed by atoms with Gasteiger partial charge in [-0.25, -0.2) is 9.78 Å². The molecule has 3 aromatic carbocycles. The summed E-state index contributed by atoms with van der Waals surface area (Å²) in [5.41, 5.74) is 2.94. The van der Waals surface area contributed by atoms with Gasteiger partial charge in [-0.1, -0.05) is 34.1 Å². The number of unbranched alkanes of at least 4 members (excludes halogenated alkanes) is 1. The molecule has 0 aliphatic heterocycles. The summed E-state index contributed by atoms with van der Waals surface area (Å²) in [7, 11) is 1.65. The highest BCUT2D eigenvalue weighted by molar-refractivity contribution is 9.10. The second-order valence-electron chi connectivity index (χ2n) is 7.69. The van der Waals surface area contributed by atoms with Crippen molar-refractivity contribution in [1.29, 1.82) is 0 Å². The lowest BCUT2D eigenvalue weighted by atomic mass is 10.1. The number of H-pyrrole nitrogens is 1. The second-order valence-corrected chi connectivity index (χ2v) is 8.61. The molecule has 0 amide bonds. The van der Waals surface area contributed by atoms with Gasteiger partial charge in [-0.2, -0.15) is 4.57 Å². The molecule has 4 rings (SSSR count). The molecule has 0 atom stereocenters. The van der Waals surface area contributed by atoms with Gasteiger partial charge in [-0.15, -0.1) is 0 Å². The van der Waals surface area contributed by atoms with Crippen LogP contribution in [0.2, 0.25) is 0 Å². The number of para-hydroxylation sites is 1. The van der Waals surface area contributed by atoms with Crippen molar-refractivity contribution < 1.29 is 26.9 Å². The number of hydrogen-bond donors (Lipinski definition) is 0. The van der Waals surface area contributed by atoms with Crippen LogP contribution in [0.1, 0.15) is 18.4 Å². The number of fused-ring (bicyclic) bond motifs is 1. The minimum absolute atomic E-state index is 0. The normalized spacial score (nSPS) is 10.6.